The van der Waals surface area contributed by atoms with Crippen molar-refractivity contribution in [3.63, 3.8) is 0 Å². The molecule has 0 aliphatic rings. The maximum absolute atomic E-state index is 13.7. The molecule has 0 unspecified atom stereocenters. The lowest BCUT2D eigenvalue weighted by Crippen LogP contribution is -2.05. The van der Waals surface area contributed by atoms with Crippen LogP contribution >= 0.6 is 0 Å². The summed E-state index contributed by atoms with van der Waals surface area (Å²) in [6, 6.07) is 14.4. The number of hydrogen-bond acceptors (Lipinski definition) is 9. The number of fused-ring (bicyclic) bond motifs is 7. The maximum Gasteiger partial charge on any atom is 0.361 e. The van der Waals surface area contributed by atoms with Crippen LogP contribution in [-0.2, 0) is 4.79 Å². The summed E-state index contributed by atoms with van der Waals surface area (Å²) in [7, 11) is 7.76. The van der Waals surface area contributed by atoms with Crippen molar-refractivity contribution < 1.29 is 37.6 Å². The van der Waals surface area contributed by atoms with E-state index in [1.54, 1.807) is 34.5 Å². The first kappa shape index (κ1) is 26.8. The van der Waals surface area contributed by atoms with Gasteiger partial charge in [-0.2, -0.15) is 0 Å². The summed E-state index contributed by atoms with van der Waals surface area (Å²) in [6.45, 7) is 1.28. The van der Waals surface area contributed by atoms with Crippen molar-refractivity contribution in [3.05, 3.63) is 65.1 Å². The van der Waals surface area contributed by atoms with E-state index in [4.69, 9.17) is 32.8 Å². The van der Waals surface area contributed by atoms with Gasteiger partial charge in [-0.25, -0.2) is 4.79 Å². The van der Waals surface area contributed by atoms with Crippen LogP contribution in [0, 0.1) is 0 Å². The smallest absolute Gasteiger partial charge is 0.361 e. The van der Waals surface area contributed by atoms with Gasteiger partial charge in [-0.15, -0.1) is 0 Å². The number of nitrogens with zero attached hydrogens (tertiary/aromatic N) is 1. The van der Waals surface area contributed by atoms with Gasteiger partial charge in [0.2, 0.25) is 0 Å². The van der Waals surface area contributed by atoms with Crippen LogP contribution in [0.3, 0.4) is 0 Å². The molecule has 0 fully saturated rings. The average molecular weight is 570 g/mol. The molecule has 6 rings (SSSR count). The summed E-state index contributed by atoms with van der Waals surface area (Å²) in [5, 5.41) is 2.88. The van der Waals surface area contributed by atoms with Crippen molar-refractivity contribution in [1.29, 1.82) is 0 Å². The van der Waals surface area contributed by atoms with Crippen LogP contribution < -0.4 is 34.0 Å². The lowest BCUT2D eigenvalue weighted by molar-refractivity contribution is -0.132. The molecule has 0 aliphatic carbocycles. The number of rotatable bonds is 7. The topological polar surface area (TPSA) is 107 Å². The number of pyridine rings is 1. The number of carbonyl (C=O) groups excluding carboxylic acids is 1. The highest BCUT2D eigenvalue weighted by Crippen LogP contribution is 2.46. The molecule has 3 aromatic carbocycles. The number of hydrogen-bond donors (Lipinski definition) is 0. The first-order valence-electron chi connectivity index (χ1n) is 12.9. The van der Waals surface area contributed by atoms with Crippen molar-refractivity contribution in [3.8, 4) is 45.6 Å². The Morgan fingerprint density at radius 3 is 1.98 bits per heavy atom. The summed E-state index contributed by atoms with van der Waals surface area (Å²) >= 11 is 0. The summed E-state index contributed by atoms with van der Waals surface area (Å²) in [6.07, 6.45) is 1.82. The van der Waals surface area contributed by atoms with E-state index >= 15 is 0 Å². The molecular weight excluding hydrogens is 542 g/mol. The Labute approximate surface area is 239 Å². The SMILES string of the molecule is COc1ccc(-c2c3c4cc(OC)c(OC(C)=O)cc4oc(=O)c3n3ccc4cc(OC)c(OC)cc4c23)cc1OC. The largest absolute Gasteiger partial charge is 0.493 e. The van der Waals surface area contributed by atoms with Crippen molar-refractivity contribution in [2.75, 3.05) is 35.5 Å². The Bertz CT molecular complexity index is 2110. The Hall–Kier alpha value is -5.38. The van der Waals surface area contributed by atoms with Crippen LogP contribution in [-0.4, -0.2) is 45.9 Å². The van der Waals surface area contributed by atoms with Gasteiger partial charge in [-0.05, 0) is 47.3 Å². The number of carbonyl (C=O) groups is 1. The number of esters is 1. The van der Waals surface area contributed by atoms with E-state index in [1.165, 1.54) is 20.1 Å². The van der Waals surface area contributed by atoms with Gasteiger partial charge in [0, 0.05) is 40.9 Å². The third-order valence-electron chi connectivity index (χ3n) is 7.28. The molecule has 0 spiro atoms. The van der Waals surface area contributed by atoms with Gasteiger partial charge in [-0.3, -0.25) is 4.79 Å². The molecule has 10 nitrogen and oxygen atoms in total. The minimum absolute atomic E-state index is 0.138. The molecule has 42 heavy (non-hydrogen) atoms. The standard InChI is InChI=1S/C32H27NO9/c1-16(34)41-27-15-22-20(14-26(27)40-6)29-28(18-7-8-21(36-2)23(12-18)37-3)30-19-13-25(39-5)24(38-4)11-17(19)9-10-33(30)31(29)32(35)42-22/h7-15H,1-6H3. The molecule has 0 saturated heterocycles. The Morgan fingerprint density at radius 1 is 0.690 bits per heavy atom. The summed E-state index contributed by atoms with van der Waals surface area (Å²) in [4.78, 5) is 25.5. The second-order valence-electron chi connectivity index (χ2n) is 9.48. The highest BCUT2D eigenvalue weighted by Gasteiger charge is 2.25. The summed E-state index contributed by atoms with van der Waals surface area (Å²) in [5.74, 6) is 2.09. The normalized spacial score (nSPS) is 11.3. The van der Waals surface area contributed by atoms with Crippen molar-refractivity contribution in [2.24, 2.45) is 0 Å². The van der Waals surface area contributed by atoms with E-state index in [0.29, 0.717) is 45.0 Å². The molecule has 0 N–H and O–H groups in total. The minimum atomic E-state index is -0.571. The summed E-state index contributed by atoms with van der Waals surface area (Å²) in [5.41, 5.74) is 2.21. The number of aromatic nitrogens is 1. The third kappa shape index (κ3) is 4.02. The van der Waals surface area contributed by atoms with Gasteiger partial charge >= 0.3 is 11.6 Å². The van der Waals surface area contributed by atoms with Crippen LogP contribution in [0.4, 0.5) is 0 Å². The molecule has 214 valence electrons. The minimum Gasteiger partial charge on any atom is -0.493 e. The number of methoxy groups -OCH3 is 5. The van der Waals surface area contributed by atoms with Crippen LogP contribution in [0.5, 0.6) is 34.5 Å². The fraction of sp³-hybridized carbons (Fsp3) is 0.188. The van der Waals surface area contributed by atoms with Gasteiger partial charge in [0.05, 0.1) is 41.1 Å². The predicted octanol–water partition coefficient (Wildman–Crippen LogP) is 5.99. The highest BCUT2D eigenvalue weighted by atomic mass is 16.6. The van der Waals surface area contributed by atoms with E-state index in [2.05, 4.69) is 0 Å². The lowest BCUT2D eigenvalue weighted by Gasteiger charge is -2.13. The molecule has 10 heteroatoms. The van der Waals surface area contributed by atoms with E-state index in [9.17, 15) is 9.59 Å². The first-order valence-corrected chi connectivity index (χ1v) is 12.9. The van der Waals surface area contributed by atoms with Gasteiger partial charge in [0.1, 0.15) is 11.1 Å². The van der Waals surface area contributed by atoms with Gasteiger partial charge in [-0.1, -0.05) is 6.07 Å². The quantitative estimate of drug-likeness (QED) is 0.130. The number of ether oxygens (including phenoxy) is 6. The predicted molar refractivity (Wildman–Crippen MR) is 158 cm³/mol. The molecule has 0 atom stereocenters. The van der Waals surface area contributed by atoms with E-state index in [1.807, 2.05) is 47.0 Å². The fourth-order valence-corrected chi connectivity index (χ4v) is 5.49. The molecule has 6 aromatic rings. The van der Waals surface area contributed by atoms with Crippen LogP contribution in [0.2, 0.25) is 0 Å². The maximum atomic E-state index is 13.7. The lowest BCUT2D eigenvalue weighted by atomic mass is 9.98. The van der Waals surface area contributed by atoms with E-state index in [-0.39, 0.29) is 11.3 Å². The zero-order chi connectivity index (χ0) is 29.7. The monoisotopic (exact) mass is 569 g/mol. The van der Waals surface area contributed by atoms with Gasteiger partial charge in [0.15, 0.2) is 34.5 Å². The van der Waals surface area contributed by atoms with Gasteiger partial charge < -0.3 is 37.2 Å². The van der Waals surface area contributed by atoms with Gasteiger partial charge in [0.25, 0.3) is 0 Å². The van der Waals surface area contributed by atoms with E-state index in [0.717, 1.165) is 27.4 Å². The molecule has 3 aromatic heterocycles. The zero-order valence-electron chi connectivity index (χ0n) is 23.8. The number of benzene rings is 3. The molecule has 0 radical (unpaired) electrons. The molecular formula is C32H27NO9. The molecule has 0 bridgehead atoms. The second-order valence-corrected chi connectivity index (χ2v) is 9.48. The first-order chi connectivity index (χ1) is 20.3. The molecule has 0 aliphatic heterocycles. The average Bonchev–Trinajstić information content (AvgIpc) is 3.35. The third-order valence-corrected chi connectivity index (χ3v) is 7.28. The van der Waals surface area contributed by atoms with Crippen LogP contribution in [0.15, 0.2) is 63.9 Å². The molecule has 0 saturated carbocycles. The Morgan fingerprint density at radius 2 is 1.31 bits per heavy atom. The zero-order valence-corrected chi connectivity index (χ0v) is 23.8. The van der Waals surface area contributed by atoms with Crippen molar-refractivity contribution in [1.82, 2.24) is 4.40 Å². The van der Waals surface area contributed by atoms with Crippen molar-refractivity contribution in [2.45, 2.75) is 6.92 Å². The van der Waals surface area contributed by atoms with E-state index < -0.39 is 11.6 Å². The second kappa shape index (κ2) is 10.2. The molecule has 3 heterocycles. The van der Waals surface area contributed by atoms with Crippen molar-refractivity contribution >= 4 is 44.1 Å². The Kier molecular flexibility index (Phi) is 6.53. The fourth-order valence-electron chi connectivity index (χ4n) is 5.49. The van der Waals surface area contributed by atoms with Crippen LogP contribution in [0.25, 0.3) is 49.3 Å². The summed E-state index contributed by atoms with van der Waals surface area (Å²) < 4.78 is 40.9. The highest BCUT2D eigenvalue weighted by molar-refractivity contribution is 6.22. The molecule has 0 amide bonds. The Balaban J connectivity index is 1.87. The van der Waals surface area contributed by atoms with Crippen LogP contribution in [0.1, 0.15) is 6.92 Å².